The lowest BCUT2D eigenvalue weighted by Gasteiger charge is -2.19. The van der Waals surface area contributed by atoms with Crippen molar-refractivity contribution >= 4 is 12.6 Å². The van der Waals surface area contributed by atoms with Gasteiger partial charge < -0.3 is 14.2 Å². The topological polar surface area (TPSA) is 55.5 Å². The van der Waals surface area contributed by atoms with Crippen molar-refractivity contribution in [3.05, 3.63) is 11.5 Å². The molecular weight excluding hydrogens is 193 g/mol. The van der Waals surface area contributed by atoms with E-state index in [-0.39, 0.29) is 5.41 Å². The minimum atomic E-state index is -0.949. The molecule has 0 aliphatic heterocycles. The van der Waals surface area contributed by atoms with Gasteiger partial charge in [0, 0.05) is 12.1 Å². The van der Waals surface area contributed by atoms with Gasteiger partial charge in [0.1, 0.15) is 5.76 Å². The van der Waals surface area contributed by atoms with Crippen molar-refractivity contribution < 1.29 is 14.2 Å². The second-order valence-electron chi connectivity index (χ2n) is 4.96. The van der Waals surface area contributed by atoms with Crippen LogP contribution in [0.5, 0.6) is 0 Å². The van der Waals surface area contributed by atoms with E-state index in [0.29, 0.717) is 23.5 Å². The molecule has 15 heavy (non-hydrogen) atoms. The zero-order valence-electron chi connectivity index (χ0n) is 10.00. The summed E-state index contributed by atoms with van der Waals surface area (Å²) in [7, 11) is -0.949. The number of aryl methyl sites for hydroxylation is 2. The molecule has 0 unspecified atom stereocenters. The van der Waals surface area contributed by atoms with Crippen LogP contribution in [0.4, 0.5) is 0 Å². The van der Waals surface area contributed by atoms with Crippen molar-refractivity contribution in [1.29, 1.82) is 0 Å². The molecule has 0 radical (unpaired) electrons. The highest BCUT2D eigenvalue weighted by atomic mass is 16.5. The van der Waals surface area contributed by atoms with Crippen LogP contribution in [-0.4, -0.2) is 23.9 Å². The van der Waals surface area contributed by atoms with Gasteiger partial charge in [0.05, 0.1) is 5.69 Å². The summed E-state index contributed by atoms with van der Waals surface area (Å²) in [4.78, 5) is 0. The van der Waals surface area contributed by atoms with E-state index in [9.17, 15) is 5.02 Å². The van der Waals surface area contributed by atoms with Crippen molar-refractivity contribution in [3.8, 4) is 0 Å². The number of rotatable bonds is 3. The minimum Gasteiger partial charge on any atom is -0.423 e. The van der Waals surface area contributed by atoms with Gasteiger partial charge in [-0.05, 0) is 19.3 Å². The highest BCUT2D eigenvalue weighted by Crippen LogP contribution is 2.13. The van der Waals surface area contributed by atoms with E-state index in [1.165, 1.54) is 0 Å². The molecule has 0 aromatic carbocycles. The molecule has 0 aliphatic rings. The maximum Gasteiger partial charge on any atom is 0.496 e. The van der Waals surface area contributed by atoms with Crippen molar-refractivity contribution in [2.24, 2.45) is 5.41 Å². The van der Waals surface area contributed by atoms with E-state index < -0.39 is 7.12 Å². The molecule has 1 N–H and O–H groups in total. The lowest BCUT2D eigenvalue weighted by atomic mass is 9.77. The monoisotopic (exact) mass is 211 g/mol. The lowest BCUT2D eigenvalue weighted by molar-refractivity contribution is 0.174. The van der Waals surface area contributed by atoms with Crippen molar-refractivity contribution in [3.63, 3.8) is 0 Å². The first kappa shape index (κ1) is 12.3. The fourth-order valence-corrected chi connectivity index (χ4v) is 1.25. The molecule has 4 nitrogen and oxygen atoms in total. The molecule has 0 amide bonds. The van der Waals surface area contributed by atoms with Crippen LogP contribution >= 0.6 is 0 Å². The average Bonchev–Trinajstić information content (AvgIpc) is 2.41. The molecular formula is C10H18BNO3. The zero-order chi connectivity index (χ0) is 11.6. The molecule has 0 fully saturated rings. The number of nitrogens with zero attached hydrogens (tertiary/aromatic N) is 1. The molecule has 5 heteroatoms. The Morgan fingerprint density at radius 1 is 1.40 bits per heavy atom. The summed E-state index contributed by atoms with van der Waals surface area (Å²) < 4.78 is 10.3. The van der Waals surface area contributed by atoms with Gasteiger partial charge in [-0.15, -0.1) is 0 Å². The highest BCUT2D eigenvalue weighted by molar-refractivity contribution is 6.60. The largest absolute Gasteiger partial charge is 0.496 e. The summed E-state index contributed by atoms with van der Waals surface area (Å²) in [5.41, 5.74) is 1.34. The lowest BCUT2D eigenvalue weighted by Crippen LogP contribution is -2.38. The molecule has 1 rings (SSSR count). The molecule has 0 spiro atoms. The van der Waals surface area contributed by atoms with Crippen LogP contribution in [0, 0.1) is 19.3 Å². The summed E-state index contributed by atoms with van der Waals surface area (Å²) in [5, 5.41) is 13.6. The maximum absolute atomic E-state index is 9.81. The number of hydrogen-bond donors (Lipinski definition) is 1. The average molecular weight is 211 g/mol. The number of aromatic nitrogens is 1. The van der Waals surface area contributed by atoms with E-state index in [4.69, 9.17) is 9.18 Å². The van der Waals surface area contributed by atoms with Crippen molar-refractivity contribution in [2.45, 2.75) is 34.6 Å². The van der Waals surface area contributed by atoms with Gasteiger partial charge in [0.15, 0.2) is 0 Å². The van der Waals surface area contributed by atoms with Crippen LogP contribution in [0.2, 0.25) is 0 Å². The maximum atomic E-state index is 9.81. The summed E-state index contributed by atoms with van der Waals surface area (Å²) in [6.07, 6.45) is 0. The molecule has 84 valence electrons. The van der Waals surface area contributed by atoms with Gasteiger partial charge in [-0.2, -0.15) is 0 Å². The predicted molar refractivity (Wildman–Crippen MR) is 59.0 cm³/mol. The van der Waals surface area contributed by atoms with Crippen LogP contribution < -0.4 is 5.46 Å². The molecule has 1 heterocycles. The molecule has 0 aliphatic carbocycles. The van der Waals surface area contributed by atoms with Crippen LogP contribution in [0.15, 0.2) is 4.52 Å². The molecule has 0 atom stereocenters. The van der Waals surface area contributed by atoms with Gasteiger partial charge in [0.25, 0.3) is 0 Å². The molecule has 1 aromatic heterocycles. The minimum absolute atomic E-state index is 0.0277. The van der Waals surface area contributed by atoms with Gasteiger partial charge >= 0.3 is 7.12 Å². The van der Waals surface area contributed by atoms with Crippen molar-refractivity contribution in [1.82, 2.24) is 5.16 Å². The van der Waals surface area contributed by atoms with E-state index in [1.54, 1.807) is 13.8 Å². The van der Waals surface area contributed by atoms with Crippen LogP contribution in [0.25, 0.3) is 0 Å². The zero-order valence-corrected chi connectivity index (χ0v) is 10.00. The highest BCUT2D eigenvalue weighted by Gasteiger charge is 2.27. The van der Waals surface area contributed by atoms with E-state index in [2.05, 4.69) is 5.16 Å². The Balaban J connectivity index is 2.65. The Bertz CT molecular complexity index is 310. The van der Waals surface area contributed by atoms with Gasteiger partial charge in [0.2, 0.25) is 0 Å². The first-order chi connectivity index (χ1) is 6.81. The summed E-state index contributed by atoms with van der Waals surface area (Å²) in [6, 6.07) is 0. The summed E-state index contributed by atoms with van der Waals surface area (Å²) >= 11 is 0. The smallest absolute Gasteiger partial charge is 0.423 e. The van der Waals surface area contributed by atoms with Crippen LogP contribution in [-0.2, 0) is 4.65 Å². The second kappa shape index (κ2) is 4.37. The van der Waals surface area contributed by atoms with Crippen molar-refractivity contribution in [2.75, 3.05) is 6.61 Å². The van der Waals surface area contributed by atoms with Gasteiger partial charge in [-0.25, -0.2) is 0 Å². The molecule has 0 saturated carbocycles. The Labute approximate surface area is 90.8 Å². The second-order valence-corrected chi connectivity index (χ2v) is 4.96. The third-order valence-corrected chi connectivity index (χ3v) is 2.01. The standard InChI is InChI=1S/C10H18BNO3/c1-7-9(8(2)15-12-7)11(13)14-6-10(3,4)5/h13H,6H2,1-5H3. The number of hydrogen-bond acceptors (Lipinski definition) is 4. The summed E-state index contributed by atoms with van der Waals surface area (Å²) in [6.45, 7) is 10.2. The van der Waals surface area contributed by atoms with E-state index in [1.807, 2.05) is 20.8 Å². The first-order valence-electron chi connectivity index (χ1n) is 5.04. The van der Waals surface area contributed by atoms with E-state index >= 15 is 0 Å². The SMILES string of the molecule is Cc1noc(C)c1B(O)OCC(C)(C)C. The van der Waals surface area contributed by atoms with Gasteiger partial charge in [-0.3, -0.25) is 0 Å². The quantitative estimate of drug-likeness (QED) is 0.759. The van der Waals surface area contributed by atoms with Gasteiger partial charge in [-0.1, -0.05) is 25.9 Å². The van der Waals surface area contributed by atoms with Crippen LogP contribution in [0.3, 0.4) is 0 Å². The third-order valence-electron chi connectivity index (χ3n) is 2.01. The molecule has 0 saturated heterocycles. The molecule has 1 aromatic rings. The summed E-state index contributed by atoms with van der Waals surface area (Å²) in [5.74, 6) is 0.605. The Morgan fingerprint density at radius 3 is 2.40 bits per heavy atom. The fraction of sp³-hybridized carbons (Fsp3) is 0.700. The first-order valence-corrected chi connectivity index (χ1v) is 5.04. The fourth-order valence-electron chi connectivity index (χ4n) is 1.25. The predicted octanol–water partition coefficient (Wildman–Crippen LogP) is 1.04. The Kier molecular flexibility index (Phi) is 3.57. The Hall–Kier alpha value is -0.805. The van der Waals surface area contributed by atoms with Crippen LogP contribution in [0.1, 0.15) is 32.2 Å². The Morgan fingerprint density at radius 2 is 2.00 bits per heavy atom. The molecule has 0 bridgehead atoms. The van der Waals surface area contributed by atoms with E-state index in [0.717, 1.165) is 0 Å². The normalized spacial score (nSPS) is 11.9. The third kappa shape index (κ3) is 3.36.